The average Bonchev–Trinajstić information content (AvgIpc) is 2.57. The van der Waals surface area contributed by atoms with E-state index in [0.717, 1.165) is 22.4 Å². The summed E-state index contributed by atoms with van der Waals surface area (Å²) in [5.74, 6) is 0.308. The third-order valence-corrected chi connectivity index (χ3v) is 4.20. The van der Waals surface area contributed by atoms with Crippen LogP contribution in [0.4, 0.5) is 5.82 Å². The average molecular weight is 332 g/mol. The molecule has 4 nitrogen and oxygen atoms in total. The molecule has 0 spiro atoms. The number of nitriles is 1. The summed E-state index contributed by atoms with van der Waals surface area (Å²) >= 11 is 5.46. The van der Waals surface area contributed by atoms with E-state index in [0.29, 0.717) is 21.8 Å². The van der Waals surface area contributed by atoms with E-state index in [2.05, 4.69) is 11.1 Å². The van der Waals surface area contributed by atoms with Crippen molar-refractivity contribution in [1.82, 2.24) is 9.55 Å². The topological polar surface area (TPSA) is 67.6 Å². The van der Waals surface area contributed by atoms with Gasteiger partial charge in [-0.25, -0.2) is 4.98 Å². The molecule has 0 amide bonds. The summed E-state index contributed by atoms with van der Waals surface area (Å²) in [7, 11) is 0. The van der Waals surface area contributed by atoms with Gasteiger partial charge in [0.2, 0.25) is 4.77 Å². The van der Waals surface area contributed by atoms with Crippen molar-refractivity contribution in [3.05, 3.63) is 70.0 Å². The van der Waals surface area contributed by atoms with Crippen LogP contribution in [-0.4, -0.2) is 9.55 Å². The molecule has 3 aromatic rings. The highest BCUT2D eigenvalue weighted by atomic mass is 32.1. The first-order valence-corrected chi connectivity index (χ1v) is 7.89. The van der Waals surface area contributed by atoms with E-state index in [1.165, 1.54) is 0 Å². The number of rotatable bonds is 2. The lowest BCUT2D eigenvalue weighted by Crippen LogP contribution is -2.11. The van der Waals surface area contributed by atoms with Crippen molar-refractivity contribution in [1.29, 1.82) is 5.26 Å². The molecule has 118 valence electrons. The Balaban J connectivity index is 2.31. The van der Waals surface area contributed by atoms with Gasteiger partial charge in [0.25, 0.3) is 0 Å². The lowest BCUT2D eigenvalue weighted by Gasteiger charge is -2.16. The van der Waals surface area contributed by atoms with Gasteiger partial charge in [-0.3, -0.25) is 4.57 Å². The maximum atomic E-state index is 9.63. The van der Waals surface area contributed by atoms with Crippen LogP contribution >= 0.6 is 12.2 Å². The minimum absolute atomic E-state index is 0.308. The number of benzene rings is 2. The molecule has 0 fully saturated rings. The molecule has 0 atom stereocenters. The molecule has 5 heteroatoms. The van der Waals surface area contributed by atoms with Crippen molar-refractivity contribution < 1.29 is 0 Å². The largest absolute Gasteiger partial charge is 0.384 e. The maximum Gasteiger partial charge on any atom is 0.206 e. The van der Waals surface area contributed by atoms with Crippen molar-refractivity contribution in [2.75, 3.05) is 5.73 Å². The van der Waals surface area contributed by atoms with E-state index in [-0.39, 0.29) is 0 Å². The molecule has 24 heavy (non-hydrogen) atoms. The second-order valence-corrected chi connectivity index (χ2v) is 5.97. The molecule has 2 aromatic carbocycles. The zero-order valence-electron chi connectivity index (χ0n) is 13.4. The molecule has 0 aliphatic rings. The Hall–Kier alpha value is -2.97. The normalized spacial score (nSPS) is 10.4. The summed E-state index contributed by atoms with van der Waals surface area (Å²) in [5.41, 5.74) is 10.9. The number of aryl methyl sites for hydroxylation is 2. The van der Waals surface area contributed by atoms with Gasteiger partial charge in [0.15, 0.2) is 0 Å². The van der Waals surface area contributed by atoms with E-state index < -0.39 is 0 Å². The number of nitrogen functional groups attached to an aromatic ring is 1. The Labute approximate surface area is 145 Å². The summed E-state index contributed by atoms with van der Waals surface area (Å²) in [5, 5.41) is 9.63. The second kappa shape index (κ2) is 6.26. The smallest absolute Gasteiger partial charge is 0.206 e. The Morgan fingerprint density at radius 3 is 2.38 bits per heavy atom. The van der Waals surface area contributed by atoms with Crippen LogP contribution in [0.25, 0.3) is 16.9 Å². The number of aromatic nitrogens is 2. The van der Waals surface area contributed by atoms with E-state index in [1.807, 2.05) is 62.4 Å². The molecule has 0 radical (unpaired) electrons. The van der Waals surface area contributed by atoms with E-state index in [4.69, 9.17) is 18.0 Å². The van der Waals surface area contributed by atoms with Crippen molar-refractivity contribution in [3.8, 4) is 23.0 Å². The summed E-state index contributed by atoms with van der Waals surface area (Å²) in [4.78, 5) is 4.50. The van der Waals surface area contributed by atoms with Gasteiger partial charge in [-0.15, -0.1) is 0 Å². The van der Waals surface area contributed by atoms with Crippen LogP contribution < -0.4 is 5.73 Å². The predicted molar refractivity (Wildman–Crippen MR) is 98.4 cm³/mol. The van der Waals surface area contributed by atoms with Crippen LogP contribution in [0.1, 0.15) is 16.7 Å². The summed E-state index contributed by atoms with van der Waals surface area (Å²) in [6, 6.07) is 17.7. The lowest BCUT2D eigenvalue weighted by molar-refractivity contribution is 0.958. The third-order valence-electron chi connectivity index (χ3n) is 3.93. The first kappa shape index (κ1) is 15.9. The maximum absolute atomic E-state index is 9.63. The molecule has 0 aliphatic heterocycles. The Morgan fingerprint density at radius 2 is 1.75 bits per heavy atom. The summed E-state index contributed by atoms with van der Waals surface area (Å²) in [6.45, 7) is 3.98. The molecule has 0 aliphatic carbocycles. The van der Waals surface area contributed by atoms with Crippen LogP contribution in [0.3, 0.4) is 0 Å². The summed E-state index contributed by atoms with van der Waals surface area (Å²) in [6.07, 6.45) is 0. The molecule has 3 rings (SSSR count). The summed E-state index contributed by atoms with van der Waals surface area (Å²) < 4.78 is 1.98. The number of anilines is 1. The minimum Gasteiger partial charge on any atom is -0.384 e. The Bertz CT molecular complexity index is 1010. The number of nitrogens with two attached hydrogens (primary N) is 1. The predicted octanol–water partition coefficient (Wildman–Crippen LogP) is 4.34. The van der Waals surface area contributed by atoms with Crippen LogP contribution in [0.5, 0.6) is 0 Å². The zero-order valence-corrected chi connectivity index (χ0v) is 14.3. The fourth-order valence-electron chi connectivity index (χ4n) is 2.62. The molecular formula is C19H16N4S. The molecule has 0 bridgehead atoms. The van der Waals surface area contributed by atoms with Crippen molar-refractivity contribution in [2.24, 2.45) is 0 Å². The van der Waals surface area contributed by atoms with Gasteiger partial charge >= 0.3 is 0 Å². The van der Waals surface area contributed by atoms with Gasteiger partial charge in [-0.05, 0) is 37.7 Å². The standard InChI is InChI=1S/C19H16N4S/c1-12-7-9-14(10-8-12)17-15(11-20)18(21)23(19(24)22-17)16-6-4-3-5-13(16)2/h3-10H,21H2,1-2H3. The van der Waals surface area contributed by atoms with E-state index in [1.54, 1.807) is 4.57 Å². The molecule has 1 aromatic heterocycles. The van der Waals surface area contributed by atoms with E-state index in [9.17, 15) is 5.26 Å². The first-order chi connectivity index (χ1) is 11.5. The van der Waals surface area contributed by atoms with Crippen molar-refractivity contribution in [2.45, 2.75) is 13.8 Å². The fourth-order valence-corrected chi connectivity index (χ4v) is 2.90. The highest BCUT2D eigenvalue weighted by Gasteiger charge is 2.16. The SMILES string of the molecule is Cc1ccc(-c2nc(=S)n(-c3ccccc3C)c(N)c2C#N)cc1. The van der Waals surface area contributed by atoms with E-state index >= 15 is 0 Å². The molecule has 0 saturated carbocycles. The van der Waals surface area contributed by atoms with Crippen molar-refractivity contribution in [3.63, 3.8) is 0 Å². The molecule has 1 heterocycles. The van der Waals surface area contributed by atoms with Crippen molar-refractivity contribution >= 4 is 18.0 Å². The van der Waals surface area contributed by atoms with Gasteiger partial charge in [0, 0.05) is 5.56 Å². The van der Waals surface area contributed by atoms with Gasteiger partial charge in [-0.1, -0.05) is 48.0 Å². The van der Waals surface area contributed by atoms with Gasteiger partial charge < -0.3 is 5.73 Å². The number of hydrogen-bond acceptors (Lipinski definition) is 4. The van der Waals surface area contributed by atoms with Gasteiger partial charge in [-0.2, -0.15) is 5.26 Å². The Morgan fingerprint density at radius 1 is 1.08 bits per heavy atom. The van der Waals surface area contributed by atoms with Crippen LogP contribution in [-0.2, 0) is 0 Å². The molecule has 0 unspecified atom stereocenters. The molecule has 2 N–H and O–H groups in total. The quantitative estimate of drug-likeness (QED) is 0.709. The van der Waals surface area contributed by atoms with Crippen LogP contribution in [0.15, 0.2) is 48.5 Å². The minimum atomic E-state index is 0.308. The first-order valence-electron chi connectivity index (χ1n) is 7.48. The highest BCUT2D eigenvalue weighted by molar-refractivity contribution is 7.71. The number of hydrogen-bond donors (Lipinski definition) is 1. The highest BCUT2D eigenvalue weighted by Crippen LogP contribution is 2.28. The fraction of sp³-hybridized carbons (Fsp3) is 0.105. The monoisotopic (exact) mass is 332 g/mol. The van der Waals surface area contributed by atoms with Crippen LogP contribution in [0, 0.1) is 29.9 Å². The zero-order chi connectivity index (χ0) is 17.3. The van der Waals surface area contributed by atoms with Crippen LogP contribution in [0.2, 0.25) is 0 Å². The lowest BCUT2D eigenvalue weighted by atomic mass is 10.1. The molecule has 0 saturated heterocycles. The third kappa shape index (κ3) is 2.68. The Kier molecular flexibility index (Phi) is 4.15. The number of nitrogens with zero attached hydrogens (tertiary/aromatic N) is 3. The van der Waals surface area contributed by atoms with Gasteiger partial charge in [0.1, 0.15) is 17.5 Å². The molecular weight excluding hydrogens is 316 g/mol. The number of para-hydroxylation sites is 1. The van der Waals surface area contributed by atoms with Gasteiger partial charge in [0.05, 0.1) is 11.4 Å². The second-order valence-electron chi connectivity index (χ2n) is 5.60.